The second kappa shape index (κ2) is 6.40. The molecule has 0 aromatic carbocycles. The van der Waals surface area contributed by atoms with Gasteiger partial charge in [-0.3, -0.25) is 9.59 Å². The number of nitrogens with one attached hydrogen (secondary N) is 1. The summed E-state index contributed by atoms with van der Waals surface area (Å²) in [6, 6.07) is 0. The van der Waals surface area contributed by atoms with Crippen LogP contribution in [0.15, 0.2) is 0 Å². The summed E-state index contributed by atoms with van der Waals surface area (Å²) in [7, 11) is -3.97. The molecular formula is C7H15N3O5S. The van der Waals surface area contributed by atoms with Crippen molar-refractivity contribution >= 4 is 22.1 Å². The van der Waals surface area contributed by atoms with E-state index < -0.39 is 35.2 Å². The van der Waals surface area contributed by atoms with E-state index in [9.17, 15) is 18.0 Å². The summed E-state index contributed by atoms with van der Waals surface area (Å²) in [6.07, 6.45) is 0.552. The van der Waals surface area contributed by atoms with Crippen molar-refractivity contribution in [2.75, 3.05) is 19.6 Å². The Balaban J connectivity index is 4.72. The molecule has 0 aromatic heterocycles. The highest BCUT2D eigenvalue weighted by Gasteiger charge is 2.25. The van der Waals surface area contributed by atoms with Gasteiger partial charge in [0.25, 0.3) is 10.2 Å². The smallest absolute Gasteiger partial charge is 0.318 e. The van der Waals surface area contributed by atoms with Crippen LogP contribution in [0.1, 0.15) is 13.3 Å². The van der Waals surface area contributed by atoms with Crippen LogP contribution in [0.25, 0.3) is 0 Å². The molecule has 0 spiro atoms. The van der Waals surface area contributed by atoms with Crippen LogP contribution < -0.4 is 10.5 Å². The number of nitrogens with zero attached hydrogens (tertiary/aromatic N) is 1. The first-order valence-electron chi connectivity index (χ1n) is 4.54. The van der Waals surface area contributed by atoms with Crippen molar-refractivity contribution in [3.05, 3.63) is 0 Å². The summed E-state index contributed by atoms with van der Waals surface area (Å²) in [5, 5.41) is 8.50. The van der Waals surface area contributed by atoms with Gasteiger partial charge in [0.2, 0.25) is 5.91 Å². The van der Waals surface area contributed by atoms with Crippen molar-refractivity contribution in [3.8, 4) is 0 Å². The largest absolute Gasteiger partial charge is 0.480 e. The van der Waals surface area contributed by atoms with E-state index in [0.717, 1.165) is 0 Å². The molecule has 0 fully saturated rings. The maximum Gasteiger partial charge on any atom is 0.318 e. The van der Waals surface area contributed by atoms with Gasteiger partial charge in [-0.05, 0) is 6.42 Å². The van der Waals surface area contributed by atoms with Gasteiger partial charge in [-0.1, -0.05) is 6.92 Å². The third-order valence-corrected chi connectivity index (χ3v) is 3.03. The Morgan fingerprint density at radius 2 is 1.94 bits per heavy atom. The maximum atomic E-state index is 11.5. The number of carboxylic acid groups (broad SMARTS) is 1. The Kier molecular flexibility index (Phi) is 5.93. The van der Waals surface area contributed by atoms with Gasteiger partial charge >= 0.3 is 5.97 Å². The predicted molar refractivity (Wildman–Crippen MR) is 55.6 cm³/mol. The first-order valence-corrected chi connectivity index (χ1v) is 5.98. The Morgan fingerprint density at radius 3 is 2.31 bits per heavy atom. The fraction of sp³-hybridized carbons (Fsp3) is 0.714. The van der Waals surface area contributed by atoms with Crippen molar-refractivity contribution in [2.45, 2.75) is 13.3 Å². The number of hydrogen-bond acceptors (Lipinski definition) is 4. The lowest BCUT2D eigenvalue weighted by Gasteiger charge is -2.18. The predicted octanol–water partition coefficient (Wildman–Crippen LogP) is -1.90. The first kappa shape index (κ1) is 14.8. The van der Waals surface area contributed by atoms with Crippen LogP contribution >= 0.6 is 0 Å². The molecule has 0 radical (unpaired) electrons. The Morgan fingerprint density at radius 1 is 1.38 bits per heavy atom. The molecule has 0 aliphatic rings. The van der Waals surface area contributed by atoms with Crippen LogP contribution in [0.3, 0.4) is 0 Å². The Bertz CT molecular complexity index is 337. The van der Waals surface area contributed by atoms with Crippen LogP contribution in [0.4, 0.5) is 0 Å². The van der Waals surface area contributed by atoms with Crippen molar-refractivity contribution in [1.82, 2.24) is 9.03 Å². The normalized spacial score (nSPS) is 11.6. The van der Waals surface area contributed by atoms with Gasteiger partial charge in [0.1, 0.15) is 6.54 Å². The average Bonchev–Trinajstić information content (AvgIpc) is 2.12. The fourth-order valence-electron chi connectivity index (χ4n) is 0.873. The van der Waals surface area contributed by atoms with Crippen molar-refractivity contribution in [3.63, 3.8) is 0 Å². The van der Waals surface area contributed by atoms with Crippen LogP contribution in [0.5, 0.6) is 0 Å². The minimum absolute atomic E-state index is 0.164. The van der Waals surface area contributed by atoms with E-state index in [2.05, 4.69) is 4.72 Å². The van der Waals surface area contributed by atoms with Crippen LogP contribution in [0, 0.1) is 0 Å². The quantitative estimate of drug-likeness (QED) is 0.465. The summed E-state index contributed by atoms with van der Waals surface area (Å²) in [4.78, 5) is 21.0. The summed E-state index contributed by atoms with van der Waals surface area (Å²) < 4.78 is 25.6. The Labute approximate surface area is 93.6 Å². The highest BCUT2D eigenvalue weighted by atomic mass is 32.2. The number of carboxylic acids is 1. The minimum atomic E-state index is -3.97. The van der Waals surface area contributed by atoms with Crippen LogP contribution in [-0.4, -0.2) is 49.3 Å². The number of nitrogens with two attached hydrogens (primary N) is 1. The van der Waals surface area contributed by atoms with Gasteiger partial charge < -0.3 is 10.8 Å². The van der Waals surface area contributed by atoms with E-state index >= 15 is 0 Å². The molecule has 1 amide bonds. The SMILES string of the molecule is CCCNS(=O)(=O)N(CC(N)=O)CC(=O)O. The van der Waals surface area contributed by atoms with Gasteiger partial charge in [-0.25, -0.2) is 4.72 Å². The highest BCUT2D eigenvalue weighted by Crippen LogP contribution is 1.97. The van der Waals surface area contributed by atoms with Gasteiger partial charge in [-0.15, -0.1) is 0 Å². The number of carbonyl (C=O) groups excluding carboxylic acids is 1. The van der Waals surface area contributed by atoms with E-state index in [0.29, 0.717) is 10.7 Å². The lowest BCUT2D eigenvalue weighted by molar-refractivity contribution is -0.137. The molecule has 0 heterocycles. The average molecular weight is 253 g/mol. The number of primary amides is 1. The third kappa shape index (κ3) is 5.63. The molecule has 0 rings (SSSR count). The van der Waals surface area contributed by atoms with E-state index in [-0.39, 0.29) is 6.54 Å². The van der Waals surface area contributed by atoms with Gasteiger partial charge in [0, 0.05) is 6.54 Å². The highest BCUT2D eigenvalue weighted by molar-refractivity contribution is 7.87. The van der Waals surface area contributed by atoms with Gasteiger partial charge in [-0.2, -0.15) is 12.7 Å². The monoisotopic (exact) mass is 253 g/mol. The molecule has 0 aliphatic heterocycles. The van der Waals surface area contributed by atoms with E-state index in [4.69, 9.17) is 10.8 Å². The molecule has 94 valence electrons. The number of amides is 1. The zero-order chi connectivity index (χ0) is 12.8. The second-order valence-corrected chi connectivity index (χ2v) is 4.78. The van der Waals surface area contributed by atoms with Crippen LogP contribution in [-0.2, 0) is 19.8 Å². The molecule has 0 bridgehead atoms. The lowest BCUT2D eigenvalue weighted by atomic mass is 10.5. The van der Waals surface area contributed by atoms with Gasteiger partial charge in [0.15, 0.2) is 0 Å². The van der Waals surface area contributed by atoms with Crippen molar-refractivity contribution in [1.29, 1.82) is 0 Å². The maximum absolute atomic E-state index is 11.5. The first-order chi connectivity index (χ1) is 7.29. The van der Waals surface area contributed by atoms with Crippen molar-refractivity contribution in [2.24, 2.45) is 5.73 Å². The number of hydrogen-bond donors (Lipinski definition) is 3. The summed E-state index contributed by atoms with van der Waals surface area (Å²) in [5.74, 6) is -2.27. The second-order valence-electron chi connectivity index (χ2n) is 3.03. The summed E-state index contributed by atoms with van der Waals surface area (Å²) in [6.45, 7) is 0.447. The van der Waals surface area contributed by atoms with Crippen LogP contribution in [0.2, 0.25) is 0 Å². The molecule has 0 aromatic rings. The zero-order valence-electron chi connectivity index (χ0n) is 8.84. The number of carbonyl (C=O) groups is 2. The molecule has 0 unspecified atom stereocenters. The van der Waals surface area contributed by atoms with E-state index in [1.54, 1.807) is 6.92 Å². The van der Waals surface area contributed by atoms with E-state index in [1.165, 1.54) is 0 Å². The van der Waals surface area contributed by atoms with Crippen molar-refractivity contribution < 1.29 is 23.1 Å². The minimum Gasteiger partial charge on any atom is -0.480 e. The summed E-state index contributed by atoms with van der Waals surface area (Å²) in [5.41, 5.74) is 4.83. The lowest BCUT2D eigenvalue weighted by Crippen LogP contribution is -2.47. The molecule has 8 nitrogen and oxygen atoms in total. The van der Waals surface area contributed by atoms with Gasteiger partial charge in [0.05, 0.1) is 6.54 Å². The Hall–Kier alpha value is -1.19. The molecule has 9 heteroatoms. The standard InChI is InChI=1S/C7H15N3O5S/c1-2-3-9-16(14,15)10(4-6(8)11)5-7(12)13/h9H,2-5H2,1H3,(H2,8,11)(H,12,13). The molecule has 0 atom stereocenters. The molecule has 0 saturated carbocycles. The summed E-state index contributed by atoms with van der Waals surface area (Å²) >= 11 is 0. The topological polar surface area (TPSA) is 130 Å². The molecular weight excluding hydrogens is 238 g/mol. The fourth-order valence-corrected chi connectivity index (χ4v) is 2.10. The molecule has 16 heavy (non-hydrogen) atoms. The number of rotatable bonds is 8. The van der Waals surface area contributed by atoms with E-state index in [1.807, 2.05) is 0 Å². The zero-order valence-corrected chi connectivity index (χ0v) is 9.66. The molecule has 0 aliphatic carbocycles. The third-order valence-electron chi connectivity index (χ3n) is 1.52. The molecule has 4 N–H and O–H groups in total. The number of aliphatic carboxylic acids is 1. The molecule has 0 saturated heterocycles.